The van der Waals surface area contributed by atoms with Crippen molar-refractivity contribution in [2.75, 3.05) is 16.4 Å². The van der Waals surface area contributed by atoms with Gasteiger partial charge in [-0.1, -0.05) is 17.7 Å². The molecule has 4 rings (SSSR count). The molecule has 6 nitrogen and oxygen atoms in total. The van der Waals surface area contributed by atoms with Gasteiger partial charge in [0.2, 0.25) is 4.90 Å². The number of fused-ring (bicyclic) bond motifs is 1. The van der Waals surface area contributed by atoms with Crippen LogP contribution in [0.15, 0.2) is 50.9 Å². The summed E-state index contributed by atoms with van der Waals surface area (Å²) in [6.45, 7) is 0. The first kappa shape index (κ1) is 18.5. The molecule has 1 atom stereocenters. The molecule has 28 heavy (non-hydrogen) atoms. The highest BCUT2D eigenvalue weighted by atomic mass is 35.5. The molecule has 1 unspecified atom stereocenters. The number of anilines is 4. The van der Waals surface area contributed by atoms with Crippen LogP contribution in [-0.4, -0.2) is 15.4 Å². The normalized spacial score (nSPS) is 15.5. The van der Waals surface area contributed by atoms with Crippen molar-refractivity contribution in [2.24, 2.45) is 0 Å². The molecular formula is C19H12ClFN2O4S. The Balaban J connectivity index is 1.69. The van der Waals surface area contributed by atoms with Gasteiger partial charge in [-0.05, 0) is 47.6 Å². The zero-order chi connectivity index (χ0) is 20.0. The van der Waals surface area contributed by atoms with E-state index in [2.05, 4.69) is 10.6 Å². The first-order valence-electron chi connectivity index (χ1n) is 8.10. The lowest BCUT2D eigenvalue weighted by atomic mass is 10.1. The maximum absolute atomic E-state index is 13.6. The van der Waals surface area contributed by atoms with Gasteiger partial charge in [0.25, 0.3) is 10.9 Å². The molecule has 1 heterocycles. The summed E-state index contributed by atoms with van der Waals surface area (Å²) in [6, 6.07) is 7.18. The molecule has 142 valence electrons. The zero-order valence-electron chi connectivity index (χ0n) is 14.1. The summed E-state index contributed by atoms with van der Waals surface area (Å²) in [6.07, 6.45) is 3.49. The summed E-state index contributed by atoms with van der Waals surface area (Å²) in [5.41, 5.74) is -0.934. The zero-order valence-corrected chi connectivity index (χ0v) is 15.7. The number of hydrogen-bond donors (Lipinski definition) is 3. The first-order chi connectivity index (χ1) is 13.4. The molecule has 0 aliphatic carbocycles. The Bertz CT molecular complexity index is 1200. The van der Waals surface area contributed by atoms with E-state index in [1.165, 1.54) is 18.2 Å². The monoisotopic (exact) mass is 418 g/mol. The molecule has 0 aromatic heterocycles. The van der Waals surface area contributed by atoms with E-state index in [0.717, 1.165) is 6.07 Å². The Morgan fingerprint density at radius 2 is 1.75 bits per heavy atom. The standard InChI is InChI=1S/C19H12ClFN2O4S/c20-13-10(21)4-1-5-11(13)22-14-15(18(26)17(14)25)23-12-7-6-9-3-2-8-28(27)19(9)16(12)24/h1-7,22-24H,8H2. The predicted octanol–water partition coefficient (Wildman–Crippen LogP) is 3.40. The van der Waals surface area contributed by atoms with E-state index in [1.54, 1.807) is 18.2 Å². The predicted molar refractivity (Wildman–Crippen MR) is 108 cm³/mol. The van der Waals surface area contributed by atoms with Crippen LogP contribution in [0.1, 0.15) is 5.56 Å². The molecule has 0 radical (unpaired) electrons. The van der Waals surface area contributed by atoms with Crippen molar-refractivity contribution in [2.45, 2.75) is 4.90 Å². The van der Waals surface area contributed by atoms with Crippen LogP contribution in [-0.2, 0) is 11.2 Å². The van der Waals surface area contributed by atoms with Crippen LogP contribution >= 0.6 is 11.6 Å². The minimum atomic E-state index is -1.42. The molecule has 0 spiro atoms. The number of rotatable bonds is 4. The Labute approximate surface area is 166 Å². The molecule has 0 saturated carbocycles. The lowest BCUT2D eigenvalue weighted by molar-refractivity contribution is 0.461. The fourth-order valence-corrected chi connectivity index (χ4v) is 4.24. The summed E-state index contributed by atoms with van der Waals surface area (Å²) in [7, 11) is 0. The summed E-state index contributed by atoms with van der Waals surface area (Å²) in [5.74, 6) is -0.666. The van der Waals surface area contributed by atoms with E-state index >= 15 is 0 Å². The molecule has 9 heteroatoms. The minimum absolute atomic E-state index is 0.0993. The second-order valence-electron chi connectivity index (χ2n) is 6.05. The second kappa shape index (κ2) is 6.97. The SMILES string of the molecule is O=c1c(Nc2ccc3c(c2O)[S+]([O-])CC=C3)c(Nc2cccc(F)c2Cl)c1=O. The summed E-state index contributed by atoms with van der Waals surface area (Å²) in [5, 5.41) is 15.6. The van der Waals surface area contributed by atoms with Crippen molar-refractivity contribution in [1.29, 1.82) is 0 Å². The third-order valence-electron chi connectivity index (χ3n) is 4.32. The largest absolute Gasteiger partial charge is 0.611 e. The van der Waals surface area contributed by atoms with Crippen LogP contribution in [0.3, 0.4) is 0 Å². The van der Waals surface area contributed by atoms with E-state index in [-0.39, 0.29) is 44.2 Å². The minimum Gasteiger partial charge on any atom is -0.611 e. The van der Waals surface area contributed by atoms with Crippen LogP contribution in [0, 0.1) is 5.82 Å². The molecule has 1 aliphatic rings. The fraction of sp³-hybridized carbons (Fsp3) is 0.0526. The molecule has 3 aromatic carbocycles. The Morgan fingerprint density at radius 1 is 1.07 bits per heavy atom. The lowest BCUT2D eigenvalue weighted by Crippen LogP contribution is -2.35. The van der Waals surface area contributed by atoms with Gasteiger partial charge in [0.05, 0.1) is 16.4 Å². The molecule has 1 aliphatic heterocycles. The molecule has 0 bridgehead atoms. The van der Waals surface area contributed by atoms with Crippen molar-refractivity contribution in [1.82, 2.24) is 0 Å². The number of nitrogens with one attached hydrogen (secondary N) is 2. The number of aromatic hydroxyl groups is 1. The van der Waals surface area contributed by atoms with Gasteiger partial charge in [0.15, 0.2) is 5.75 Å². The third kappa shape index (κ3) is 2.95. The Kier molecular flexibility index (Phi) is 4.62. The molecule has 3 aromatic rings. The van der Waals surface area contributed by atoms with Crippen LogP contribution in [0.25, 0.3) is 6.08 Å². The molecule has 0 amide bonds. The topological polar surface area (TPSA) is 101 Å². The highest BCUT2D eigenvalue weighted by molar-refractivity contribution is 7.91. The lowest BCUT2D eigenvalue weighted by Gasteiger charge is -2.20. The number of phenols is 1. The van der Waals surface area contributed by atoms with Crippen molar-refractivity contribution in [3.63, 3.8) is 0 Å². The van der Waals surface area contributed by atoms with Crippen LogP contribution in [0.2, 0.25) is 5.02 Å². The van der Waals surface area contributed by atoms with Gasteiger partial charge in [-0.15, -0.1) is 0 Å². The maximum atomic E-state index is 13.6. The number of phenolic OH excluding ortho intramolecular Hbond substituents is 1. The van der Waals surface area contributed by atoms with E-state index < -0.39 is 27.9 Å². The van der Waals surface area contributed by atoms with Gasteiger partial charge in [0.1, 0.15) is 22.9 Å². The van der Waals surface area contributed by atoms with Crippen molar-refractivity contribution in [3.8, 4) is 5.75 Å². The summed E-state index contributed by atoms with van der Waals surface area (Å²) < 4.78 is 25.8. The highest BCUT2D eigenvalue weighted by Gasteiger charge is 2.28. The first-order valence-corrected chi connectivity index (χ1v) is 9.80. The second-order valence-corrected chi connectivity index (χ2v) is 7.86. The number of hydrogen-bond acceptors (Lipinski definition) is 6. The quantitative estimate of drug-likeness (QED) is 0.341. The highest BCUT2D eigenvalue weighted by Crippen LogP contribution is 2.39. The van der Waals surface area contributed by atoms with Gasteiger partial charge < -0.3 is 20.3 Å². The summed E-state index contributed by atoms with van der Waals surface area (Å²) in [4.78, 5) is 24.2. The Morgan fingerprint density at radius 3 is 2.46 bits per heavy atom. The average Bonchev–Trinajstić information content (AvgIpc) is 2.69. The third-order valence-corrected chi connectivity index (χ3v) is 6.08. The van der Waals surface area contributed by atoms with Crippen LogP contribution < -0.4 is 21.5 Å². The average molecular weight is 419 g/mol. The van der Waals surface area contributed by atoms with Gasteiger partial charge in [0, 0.05) is 5.56 Å². The molecular weight excluding hydrogens is 407 g/mol. The van der Waals surface area contributed by atoms with E-state index in [0.29, 0.717) is 5.56 Å². The van der Waals surface area contributed by atoms with Crippen molar-refractivity contribution in [3.05, 3.63) is 73.3 Å². The van der Waals surface area contributed by atoms with Gasteiger partial charge in [-0.25, -0.2) is 4.39 Å². The van der Waals surface area contributed by atoms with E-state index in [4.69, 9.17) is 11.6 Å². The van der Waals surface area contributed by atoms with Gasteiger partial charge in [-0.2, -0.15) is 0 Å². The molecule has 3 N–H and O–H groups in total. The van der Waals surface area contributed by atoms with Gasteiger partial charge in [-0.3, -0.25) is 9.59 Å². The van der Waals surface area contributed by atoms with Crippen LogP contribution in [0.4, 0.5) is 27.1 Å². The molecule has 0 fully saturated rings. The van der Waals surface area contributed by atoms with Gasteiger partial charge >= 0.3 is 0 Å². The Hall–Kier alpha value is -2.81. The van der Waals surface area contributed by atoms with Crippen molar-refractivity contribution >= 4 is 51.6 Å². The summed E-state index contributed by atoms with van der Waals surface area (Å²) >= 11 is 4.46. The van der Waals surface area contributed by atoms with Crippen molar-refractivity contribution < 1.29 is 14.0 Å². The number of halogens is 2. The smallest absolute Gasteiger partial charge is 0.253 e. The fourth-order valence-electron chi connectivity index (χ4n) is 2.90. The molecule has 0 saturated heterocycles. The van der Waals surface area contributed by atoms with E-state index in [9.17, 15) is 23.6 Å². The van der Waals surface area contributed by atoms with E-state index in [1.807, 2.05) is 0 Å². The number of benzene rings is 2. The van der Waals surface area contributed by atoms with Crippen LogP contribution in [0.5, 0.6) is 5.75 Å². The maximum Gasteiger partial charge on any atom is 0.253 e.